The van der Waals surface area contributed by atoms with Crippen molar-refractivity contribution in [2.75, 3.05) is 5.32 Å². The Kier molecular flexibility index (Phi) is 3.80. The summed E-state index contributed by atoms with van der Waals surface area (Å²) < 4.78 is 2.10. The molecule has 0 aliphatic heterocycles. The van der Waals surface area contributed by atoms with Crippen LogP contribution in [0.15, 0.2) is 48.7 Å². The Labute approximate surface area is 129 Å². The topological polar surface area (TPSA) is 29.9 Å². The van der Waals surface area contributed by atoms with Gasteiger partial charge in [-0.05, 0) is 45.0 Å². The molecule has 3 rings (SSSR count). The van der Waals surface area contributed by atoms with E-state index in [-0.39, 0.29) is 6.04 Å². The fraction of sp³-hybridized carbons (Fsp3) is 0.235. The molecule has 108 valence electrons. The first-order valence-corrected chi connectivity index (χ1v) is 7.89. The van der Waals surface area contributed by atoms with Crippen molar-refractivity contribution in [3.05, 3.63) is 64.1 Å². The number of aryl methyl sites for hydroxylation is 2. The molecule has 0 aliphatic carbocycles. The first-order valence-electron chi connectivity index (χ1n) is 7.08. The third-order valence-electron chi connectivity index (χ3n) is 3.39. The molecule has 21 heavy (non-hydrogen) atoms. The first kappa shape index (κ1) is 13.9. The Morgan fingerprint density at radius 1 is 1.10 bits per heavy atom. The normalized spacial score (nSPS) is 12.3. The standard InChI is InChI=1S/C17H19N3S/c1-12-11-20(15-7-5-4-6-8-15)17(18-12)19-14(3)16-10-9-13(2)21-16/h4-11,14H,1-3H3,(H,18,19). The van der Waals surface area contributed by atoms with Crippen LogP contribution in [0.3, 0.4) is 0 Å². The highest BCUT2D eigenvalue weighted by molar-refractivity contribution is 7.12. The van der Waals surface area contributed by atoms with Crippen molar-refractivity contribution in [1.29, 1.82) is 0 Å². The predicted octanol–water partition coefficient (Wildman–Crippen LogP) is 4.72. The van der Waals surface area contributed by atoms with Crippen LogP contribution in [0, 0.1) is 13.8 Å². The van der Waals surface area contributed by atoms with Crippen LogP contribution in [0.2, 0.25) is 0 Å². The fourth-order valence-corrected chi connectivity index (χ4v) is 3.22. The van der Waals surface area contributed by atoms with Gasteiger partial charge >= 0.3 is 0 Å². The molecular formula is C17H19N3S. The predicted molar refractivity (Wildman–Crippen MR) is 89.4 cm³/mol. The summed E-state index contributed by atoms with van der Waals surface area (Å²) in [5.74, 6) is 0.886. The Morgan fingerprint density at radius 2 is 1.86 bits per heavy atom. The van der Waals surface area contributed by atoms with E-state index in [1.807, 2.05) is 36.5 Å². The van der Waals surface area contributed by atoms with Crippen molar-refractivity contribution in [2.45, 2.75) is 26.8 Å². The highest BCUT2D eigenvalue weighted by atomic mass is 32.1. The molecule has 0 aliphatic rings. The summed E-state index contributed by atoms with van der Waals surface area (Å²) in [5.41, 5.74) is 2.13. The number of rotatable bonds is 4. The van der Waals surface area contributed by atoms with Gasteiger partial charge in [-0.25, -0.2) is 4.98 Å². The largest absolute Gasteiger partial charge is 0.348 e. The van der Waals surface area contributed by atoms with Gasteiger partial charge in [-0.3, -0.25) is 4.57 Å². The van der Waals surface area contributed by atoms with Gasteiger partial charge in [0, 0.05) is 21.6 Å². The Bertz CT molecular complexity index is 728. The number of nitrogens with one attached hydrogen (secondary N) is 1. The van der Waals surface area contributed by atoms with E-state index < -0.39 is 0 Å². The maximum Gasteiger partial charge on any atom is 0.208 e. The number of hydrogen-bond acceptors (Lipinski definition) is 3. The zero-order valence-corrected chi connectivity index (χ0v) is 13.3. The second-order valence-corrected chi connectivity index (χ2v) is 6.55. The van der Waals surface area contributed by atoms with Gasteiger partial charge in [-0.1, -0.05) is 18.2 Å². The lowest BCUT2D eigenvalue weighted by Gasteiger charge is -2.14. The molecule has 0 saturated heterocycles. The van der Waals surface area contributed by atoms with E-state index in [2.05, 4.69) is 59.2 Å². The van der Waals surface area contributed by atoms with E-state index in [1.54, 1.807) is 0 Å². The van der Waals surface area contributed by atoms with Crippen molar-refractivity contribution >= 4 is 17.3 Å². The maximum absolute atomic E-state index is 4.62. The van der Waals surface area contributed by atoms with Crippen LogP contribution < -0.4 is 5.32 Å². The minimum absolute atomic E-state index is 0.243. The molecule has 3 aromatic rings. The molecule has 0 fully saturated rings. The lowest BCUT2D eigenvalue weighted by atomic mass is 10.3. The number of benzene rings is 1. The van der Waals surface area contributed by atoms with Crippen LogP contribution in [-0.4, -0.2) is 9.55 Å². The Morgan fingerprint density at radius 3 is 2.52 bits per heavy atom. The second kappa shape index (κ2) is 5.74. The summed E-state index contributed by atoms with van der Waals surface area (Å²) in [5, 5.41) is 3.52. The molecule has 0 spiro atoms. The lowest BCUT2D eigenvalue weighted by molar-refractivity contribution is 0.868. The van der Waals surface area contributed by atoms with Crippen LogP contribution in [0.1, 0.15) is 28.4 Å². The van der Waals surface area contributed by atoms with E-state index in [1.165, 1.54) is 9.75 Å². The molecule has 1 aromatic carbocycles. The monoisotopic (exact) mass is 297 g/mol. The molecule has 0 saturated carbocycles. The number of nitrogens with zero attached hydrogens (tertiary/aromatic N) is 2. The van der Waals surface area contributed by atoms with Gasteiger partial charge in [0.15, 0.2) is 0 Å². The molecule has 4 heteroatoms. The lowest BCUT2D eigenvalue weighted by Crippen LogP contribution is -2.09. The van der Waals surface area contributed by atoms with E-state index in [0.29, 0.717) is 0 Å². The second-order valence-electron chi connectivity index (χ2n) is 5.23. The number of thiophene rings is 1. The molecule has 1 unspecified atom stereocenters. The number of anilines is 1. The van der Waals surface area contributed by atoms with Crippen LogP contribution in [0.5, 0.6) is 0 Å². The van der Waals surface area contributed by atoms with Gasteiger partial charge in [-0.2, -0.15) is 0 Å². The Balaban J connectivity index is 1.89. The van der Waals surface area contributed by atoms with Crippen molar-refractivity contribution in [2.24, 2.45) is 0 Å². The van der Waals surface area contributed by atoms with Gasteiger partial charge < -0.3 is 5.32 Å². The van der Waals surface area contributed by atoms with Gasteiger partial charge in [0.1, 0.15) is 0 Å². The third-order valence-corrected chi connectivity index (χ3v) is 4.58. The van der Waals surface area contributed by atoms with Crippen molar-refractivity contribution < 1.29 is 0 Å². The zero-order chi connectivity index (χ0) is 14.8. The summed E-state index contributed by atoms with van der Waals surface area (Å²) in [4.78, 5) is 7.28. The summed E-state index contributed by atoms with van der Waals surface area (Å²) in [6, 6.07) is 14.9. The summed E-state index contributed by atoms with van der Waals surface area (Å²) in [6.07, 6.45) is 2.06. The van der Waals surface area contributed by atoms with Crippen molar-refractivity contribution in [3.63, 3.8) is 0 Å². The summed E-state index contributed by atoms with van der Waals surface area (Å²) in [7, 11) is 0. The zero-order valence-electron chi connectivity index (χ0n) is 12.5. The molecule has 0 bridgehead atoms. The highest BCUT2D eigenvalue weighted by Crippen LogP contribution is 2.26. The quantitative estimate of drug-likeness (QED) is 0.755. The first-order chi connectivity index (χ1) is 10.1. The van der Waals surface area contributed by atoms with Gasteiger partial charge in [0.05, 0.1) is 11.7 Å². The van der Waals surface area contributed by atoms with Crippen LogP contribution in [0.4, 0.5) is 5.95 Å². The van der Waals surface area contributed by atoms with E-state index in [4.69, 9.17) is 0 Å². The molecule has 1 atom stereocenters. The van der Waals surface area contributed by atoms with Gasteiger partial charge in [0.25, 0.3) is 0 Å². The van der Waals surface area contributed by atoms with E-state index in [9.17, 15) is 0 Å². The average molecular weight is 297 g/mol. The smallest absolute Gasteiger partial charge is 0.208 e. The molecule has 3 nitrogen and oxygen atoms in total. The molecular weight excluding hydrogens is 278 g/mol. The molecule has 2 heterocycles. The number of hydrogen-bond donors (Lipinski definition) is 1. The summed E-state index contributed by atoms with van der Waals surface area (Å²) in [6.45, 7) is 6.32. The van der Waals surface area contributed by atoms with Crippen LogP contribution >= 0.6 is 11.3 Å². The Hall–Kier alpha value is -2.07. The maximum atomic E-state index is 4.62. The fourth-order valence-electron chi connectivity index (χ4n) is 2.34. The number of aromatic nitrogens is 2. The van der Waals surface area contributed by atoms with E-state index in [0.717, 1.165) is 17.3 Å². The highest BCUT2D eigenvalue weighted by Gasteiger charge is 2.13. The minimum Gasteiger partial charge on any atom is -0.348 e. The van der Waals surface area contributed by atoms with E-state index >= 15 is 0 Å². The molecule has 2 aromatic heterocycles. The van der Waals surface area contributed by atoms with Crippen LogP contribution in [0.25, 0.3) is 5.69 Å². The number of para-hydroxylation sites is 1. The summed E-state index contributed by atoms with van der Waals surface area (Å²) >= 11 is 1.82. The third kappa shape index (κ3) is 3.00. The minimum atomic E-state index is 0.243. The number of imidazole rings is 1. The molecule has 0 radical (unpaired) electrons. The SMILES string of the molecule is Cc1cn(-c2ccccc2)c(NC(C)c2ccc(C)s2)n1. The molecule has 0 amide bonds. The van der Waals surface area contributed by atoms with Gasteiger partial charge in [-0.15, -0.1) is 11.3 Å². The van der Waals surface area contributed by atoms with Gasteiger partial charge in [0.2, 0.25) is 5.95 Å². The van der Waals surface area contributed by atoms with Crippen LogP contribution in [-0.2, 0) is 0 Å². The van der Waals surface area contributed by atoms with Crippen molar-refractivity contribution in [1.82, 2.24) is 9.55 Å². The molecule has 1 N–H and O–H groups in total. The van der Waals surface area contributed by atoms with Crippen molar-refractivity contribution in [3.8, 4) is 5.69 Å². The average Bonchev–Trinajstić information content (AvgIpc) is 3.06.